The molecule has 3 N–H and O–H groups in total. The van der Waals surface area contributed by atoms with E-state index in [0.717, 1.165) is 6.42 Å². The van der Waals surface area contributed by atoms with Gasteiger partial charge in [-0.05, 0) is 31.9 Å². The number of hydrogen-bond acceptors (Lipinski definition) is 7. The van der Waals surface area contributed by atoms with E-state index in [0.29, 0.717) is 25.1 Å². The normalized spacial score (nSPS) is 17.1. The Morgan fingerprint density at radius 1 is 1.21 bits per heavy atom. The molecule has 0 bridgehead atoms. The van der Waals surface area contributed by atoms with Crippen molar-refractivity contribution in [2.45, 2.75) is 45.7 Å². The minimum absolute atomic E-state index is 0.0153. The first-order valence-electron chi connectivity index (χ1n) is 11.1. The fourth-order valence-corrected chi connectivity index (χ4v) is 5.84. The molecule has 0 unspecified atom stereocenters. The highest BCUT2D eigenvalue weighted by atomic mass is 32.2. The highest BCUT2D eigenvalue weighted by Gasteiger charge is 2.36. The molecule has 0 radical (unpaired) electrons. The van der Waals surface area contributed by atoms with Crippen molar-refractivity contribution in [3.63, 3.8) is 0 Å². The van der Waals surface area contributed by atoms with Gasteiger partial charge in [-0.1, -0.05) is 31.5 Å². The fraction of sp³-hybridized carbons (Fsp3) is 0.500. The summed E-state index contributed by atoms with van der Waals surface area (Å²) in [5.41, 5.74) is 5.63. The van der Waals surface area contributed by atoms with Crippen LogP contribution in [0.25, 0.3) is 0 Å². The Morgan fingerprint density at radius 3 is 2.48 bits per heavy atom. The number of carbonyl (C=O) groups is 1. The maximum atomic E-state index is 13.5. The van der Waals surface area contributed by atoms with E-state index in [9.17, 15) is 22.8 Å². The summed E-state index contributed by atoms with van der Waals surface area (Å²) in [5, 5.41) is 0. The van der Waals surface area contributed by atoms with Crippen LogP contribution in [0.15, 0.2) is 39.9 Å². The Balaban J connectivity index is 1.96. The van der Waals surface area contributed by atoms with Gasteiger partial charge in [0.2, 0.25) is 5.91 Å². The fourth-order valence-electron chi connectivity index (χ4n) is 4.14. The van der Waals surface area contributed by atoms with Crippen molar-refractivity contribution in [1.82, 2.24) is 9.55 Å². The highest BCUT2D eigenvalue weighted by molar-refractivity contribution is 7.91. The molecule has 1 amide bonds. The molecule has 0 spiro atoms. The number of nitrogens with one attached hydrogen (secondary N) is 1. The monoisotopic (exact) mass is 477 g/mol. The average molecular weight is 478 g/mol. The zero-order valence-electron chi connectivity index (χ0n) is 19.0. The number of benzene rings is 1. The number of likely N-dealkylation sites (N-methyl/N-ethyl adjacent to an activating group) is 1. The first-order valence-corrected chi connectivity index (χ1v) is 13.0. The Hall–Kier alpha value is -3.08. The summed E-state index contributed by atoms with van der Waals surface area (Å²) in [5.74, 6) is -0.415. The second-order valence-electron chi connectivity index (χ2n) is 8.17. The number of amides is 1. The van der Waals surface area contributed by atoms with Gasteiger partial charge in [-0.2, -0.15) is 0 Å². The summed E-state index contributed by atoms with van der Waals surface area (Å²) in [6.07, 6.45) is 1.89. The van der Waals surface area contributed by atoms with Crippen LogP contribution in [-0.2, 0) is 21.2 Å². The lowest BCUT2D eigenvalue weighted by Gasteiger charge is -2.32. The average Bonchev–Trinajstić information content (AvgIpc) is 3.12. The summed E-state index contributed by atoms with van der Waals surface area (Å²) < 4.78 is 25.5. The van der Waals surface area contributed by atoms with Gasteiger partial charge in [-0.25, -0.2) is 13.2 Å². The largest absolute Gasteiger partial charge is 0.383 e. The molecular formula is C22H31N5O5S. The van der Waals surface area contributed by atoms with Crippen molar-refractivity contribution in [2.24, 2.45) is 0 Å². The molecule has 1 saturated heterocycles. The highest BCUT2D eigenvalue weighted by Crippen LogP contribution is 2.25. The van der Waals surface area contributed by atoms with E-state index in [1.54, 1.807) is 31.2 Å². The van der Waals surface area contributed by atoms with E-state index in [-0.39, 0.29) is 42.0 Å². The molecule has 1 atom stereocenters. The second-order valence-corrected chi connectivity index (χ2v) is 10.4. The van der Waals surface area contributed by atoms with Crippen LogP contribution in [0.1, 0.15) is 33.1 Å². The van der Waals surface area contributed by atoms with E-state index in [2.05, 4.69) is 4.98 Å². The number of anilines is 3. The zero-order chi connectivity index (χ0) is 24.2. The number of carbonyl (C=O) groups excluding carboxylic acids is 1. The molecule has 33 heavy (non-hydrogen) atoms. The lowest BCUT2D eigenvalue weighted by atomic mass is 10.1. The molecule has 2 heterocycles. The van der Waals surface area contributed by atoms with Gasteiger partial charge in [0.05, 0.1) is 24.1 Å². The van der Waals surface area contributed by atoms with Gasteiger partial charge >= 0.3 is 5.69 Å². The van der Waals surface area contributed by atoms with Crippen LogP contribution in [0.5, 0.6) is 0 Å². The Morgan fingerprint density at radius 2 is 1.91 bits per heavy atom. The molecule has 1 aromatic heterocycles. The molecule has 0 aliphatic carbocycles. The standard InChI is InChI=1S/C22H31N5O5S/c1-3-5-12-26-20(23)19(21(29)24-22(26)30)25(4-2)14-18(28)27(16-9-7-6-8-10-16)17-11-13-33(31,32)15-17/h6-10,17H,3-5,11-15,23H2,1-2H3,(H,24,29,30)/t17-/m1/s1. The quantitative estimate of drug-likeness (QED) is 0.548. The Kier molecular flexibility index (Phi) is 7.62. The summed E-state index contributed by atoms with van der Waals surface area (Å²) in [6.45, 7) is 4.21. The van der Waals surface area contributed by atoms with Crippen LogP contribution in [0.2, 0.25) is 0 Å². The zero-order valence-corrected chi connectivity index (χ0v) is 19.8. The van der Waals surface area contributed by atoms with Gasteiger partial charge in [0, 0.05) is 18.8 Å². The molecule has 10 nitrogen and oxygen atoms in total. The SMILES string of the molecule is CCCCn1c(N)c(N(CC)CC(=O)N(c2ccccc2)[C@@H]2CCS(=O)(=O)C2)c(=O)[nH]c1=O. The van der Waals surface area contributed by atoms with Crippen molar-refractivity contribution >= 4 is 32.9 Å². The number of H-pyrrole nitrogens is 1. The van der Waals surface area contributed by atoms with Gasteiger partial charge in [0.25, 0.3) is 5.56 Å². The second kappa shape index (κ2) is 10.2. The van der Waals surface area contributed by atoms with Crippen molar-refractivity contribution in [3.8, 4) is 0 Å². The van der Waals surface area contributed by atoms with Crippen LogP contribution in [0, 0.1) is 0 Å². The number of nitrogen functional groups attached to an aromatic ring is 1. The van der Waals surface area contributed by atoms with E-state index < -0.39 is 27.1 Å². The predicted octanol–water partition coefficient (Wildman–Crippen LogP) is 0.966. The number of hydrogen-bond donors (Lipinski definition) is 2. The number of nitrogens with two attached hydrogens (primary N) is 1. The molecule has 0 saturated carbocycles. The number of rotatable bonds is 9. The molecule has 1 fully saturated rings. The van der Waals surface area contributed by atoms with E-state index in [4.69, 9.17) is 5.73 Å². The van der Waals surface area contributed by atoms with Gasteiger partial charge < -0.3 is 15.5 Å². The Bertz CT molecular complexity index is 1210. The Labute approximate surface area is 192 Å². The lowest BCUT2D eigenvalue weighted by molar-refractivity contribution is -0.117. The van der Waals surface area contributed by atoms with Crippen LogP contribution in [-0.4, -0.2) is 54.5 Å². The van der Waals surface area contributed by atoms with Gasteiger partial charge in [-0.3, -0.25) is 19.1 Å². The summed E-state index contributed by atoms with van der Waals surface area (Å²) in [7, 11) is -3.22. The number of sulfone groups is 1. The van der Waals surface area contributed by atoms with E-state index in [1.165, 1.54) is 14.4 Å². The lowest BCUT2D eigenvalue weighted by Crippen LogP contribution is -2.48. The van der Waals surface area contributed by atoms with Crippen molar-refractivity contribution in [2.75, 3.05) is 40.1 Å². The minimum atomic E-state index is -3.22. The molecule has 11 heteroatoms. The molecule has 180 valence electrons. The van der Waals surface area contributed by atoms with Crippen LogP contribution in [0.3, 0.4) is 0 Å². The van der Waals surface area contributed by atoms with Crippen LogP contribution < -0.4 is 26.8 Å². The molecular weight excluding hydrogens is 446 g/mol. The molecule has 1 aromatic carbocycles. The van der Waals surface area contributed by atoms with Crippen molar-refractivity contribution in [1.29, 1.82) is 0 Å². The van der Waals surface area contributed by atoms with Crippen LogP contribution in [0.4, 0.5) is 17.2 Å². The molecule has 2 aromatic rings. The summed E-state index contributed by atoms with van der Waals surface area (Å²) in [4.78, 5) is 43.7. The molecule has 1 aliphatic heterocycles. The van der Waals surface area contributed by atoms with Crippen molar-refractivity contribution < 1.29 is 13.2 Å². The van der Waals surface area contributed by atoms with Gasteiger partial charge in [-0.15, -0.1) is 0 Å². The predicted molar refractivity (Wildman–Crippen MR) is 130 cm³/mol. The van der Waals surface area contributed by atoms with Crippen LogP contribution >= 0.6 is 0 Å². The molecule has 3 rings (SSSR count). The number of para-hydroxylation sites is 1. The number of nitrogens with zero attached hydrogens (tertiary/aromatic N) is 3. The van der Waals surface area contributed by atoms with E-state index in [1.807, 2.05) is 13.0 Å². The number of aromatic amines is 1. The first-order chi connectivity index (χ1) is 15.7. The number of unbranched alkanes of at least 4 members (excludes halogenated alkanes) is 1. The smallest absolute Gasteiger partial charge is 0.330 e. The van der Waals surface area contributed by atoms with Gasteiger partial charge in [0.1, 0.15) is 11.5 Å². The maximum Gasteiger partial charge on any atom is 0.330 e. The summed E-state index contributed by atoms with van der Waals surface area (Å²) in [6, 6.07) is 8.40. The maximum absolute atomic E-state index is 13.5. The van der Waals surface area contributed by atoms with Crippen molar-refractivity contribution in [3.05, 3.63) is 51.2 Å². The topological polar surface area (TPSA) is 139 Å². The van der Waals surface area contributed by atoms with E-state index >= 15 is 0 Å². The first kappa shape index (κ1) is 24.6. The summed E-state index contributed by atoms with van der Waals surface area (Å²) >= 11 is 0. The third-order valence-corrected chi connectivity index (χ3v) is 7.60. The minimum Gasteiger partial charge on any atom is -0.383 e. The molecule has 1 aliphatic rings. The third-order valence-electron chi connectivity index (χ3n) is 5.85. The number of aromatic nitrogens is 2. The third kappa shape index (κ3) is 5.47. The van der Waals surface area contributed by atoms with Gasteiger partial charge in [0.15, 0.2) is 9.84 Å².